The first-order chi connectivity index (χ1) is 8.60. The first-order valence-corrected chi connectivity index (χ1v) is 5.60. The molecule has 0 aliphatic heterocycles. The molecule has 6 nitrogen and oxygen atoms in total. The summed E-state index contributed by atoms with van der Waals surface area (Å²) in [6, 6.07) is 5.55. The summed E-state index contributed by atoms with van der Waals surface area (Å²) in [6.07, 6.45) is 1.58. The minimum Gasteiger partial charge on any atom is -0.324 e. The van der Waals surface area contributed by atoms with Crippen LogP contribution in [0.15, 0.2) is 24.4 Å². The van der Waals surface area contributed by atoms with Crippen LogP contribution in [-0.2, 0) is 4.79 Å². The number of anilines is 1. The standard InChI is InChI=1S/C12H15N5O/c1-8-5-9(2)17(16-8)11-4-3-10(7-14-11)15-12(18)6-13/h3-5,7H,6,13H2,1-2H3,(H,15,18). The van der Waals surface area contributed by atoms with Gasteiger partial charge in [-0.25, -0.2) is 9.67 Å². The van der Waals surface area contributed by atoms with E-state index in [0.717, 1.165) is 11.4 Å². The lowest BCUT2D eigenvalue weighted by atomic mass is 10.3. The second kappa shape index (κ2) is 4.97. The van der Waals surface area contributed by atoms with Crippen molar-refractivity contribution in [1.29, 1.82) is 0 Å². The molecule has 2 aromatic heterocycles. The highest BCUT2D eigenvalue weighted by Gasteiger charge is 2.05. The largest absolute Gasteiger partial charge is 0.324 e. The number of aryl methyl sites for hydroxylation is 2. The summed E-state index contributed by atoms with van der Waals surface area (Å²) in [7, 11) is 0. The zero-order chi connectivity index (χ0) is 13.1. The molecule has 0 spiro atoms. The van der Waals surface area contributed by atoms with Crippen molar-refractivity contribution >= 4 is 11.6 Å². The number of rotatable bonds is 3. The van der Waals surface area contributed by atoms with E-state index >= 15 is 0 Å². The molecule has 0 saturated carbocycles. The number of hydrogen-bond acceptors (Lipinski definition) is 4. The Kier molecular flexibility index (Phi) is 3.38. The highest BCUT2D eigenvalue weighted by Crippen LogP contribution is 2.12. The fourth-order valence-electron chi connectivity index (χ4n) is 1.66. The molecule has 2 rings (SSSR count). The van der Waals surface area contributed by atoms with Crippen LogP contribution in [-0.4, -0.2) is 27.2 Å². The molecule has 0 aliphatic carbocycles. The predicted octanol–water partition coefficient (Wildman–Crippen LogP) is 0.781. The van der Waals surface area contributed by atoms with Gasteiger partial charge in [0.25, 0.3) is 0 Å². The van der Waals surface area contributed by atoms with Crippen LogP contribution in [0.1, 0.15) is 11.4 Å². The van der Waals surface area contributed by atoms with Crippen molar-refractivity contribution < 1.29 is 4.79 Å². The number of nitrogens with zero attached hydrogens (tertiary/aromatic N) is 3. The molecule has 0 radical (unpaired) electrons. The molecular formula is C12H15N5O. The van der Waals surface area contributed by atoms with Crippen LogP contribution in [0.25, 0.3) is 5.82 Å². The van der Waals surface area contributed by atoms with Crippen molar-refractivity contribution in [2.24, 2.45) is 5.73 Å². The van der Waals surface area contributed by atoms with Gasteiger partial charge in [-0.15, -0.1) is 0 Å². The minimum absolute atomic E-state index is 0.0425. The number of hydrogen-bond donors (Lipinski definition) is 2. The van der Waals surface area contributed by atoms with Crippen molar-refractivity contribution in [2.75, 3.05) is 11.9 Å². The predicted molar refractivity (Wildman–Crippen MR) is 68.5 cm³/mol. The number of nitrogens with two attached hydrogens (primary N) is 1. The lowest BCUT2D eigenvalue weighted by Gasteiger charge is -2.06. The average Bonchev–Trinajstić information content (AvgIpc) is 2.69. The maximum Gasteiger partial charge on any atom is 0.238 e. The monoisotopic (exact) mass is 245 g/mol. The summed E-state index contributed by atoms with van der Waals surface area (Å²) in [5.41, 5.74) is 7.79. The van der Waals surface area contributed by atoms with E-state index in [0.29, 0.717) is 11.5 Å². The Morgan fingerprint density at radius 1 is 1.44 bits per heavy atom. The maximum absolute atomic E-state index is 11.1. The quantitative estimate of drug-likeness (QED) is 0.836. The molecule has 0 aliphatic rings. The minimum atomic E-state index is -0.240. The van der Waals surface area contributed by atoms with Gasteiger partial charge in [-0.2, -0.15) is 5.10 Å². The molecular weight excluding hydrogens is 230 g/mol. The molecule has 2 aromatic rings. The van der Waals surface area contributed by atoms with Crippen molar-refractivity contribution in [3.8, 4) is 5.82 Å². The molecule has 0 saturated heterocycles. The summed E-state index contributed by atoms with van der Waals surface area (Å²) in [4.78, 5) is 15.4. The Balaban J connectivity index is 2.22. The van der Waals surface area contributed by atoms with Crippen molar-refractivity contribution in [3.05, 3.63) is 35.8 Å². The van der Waals surface area contributed by atoms with Gasteiger partial charge in [-0.3, -0.25) is 4.79 Å². The summed E-state index contributed by atoms with van der Waals surface area (Å²) in [5.74, 6) is 0.474. The normalized spacial score (nSPS) is 10.4. The summed E-state index contributed by atoms with van der Waals surface area (Å²) >= 11 is 0. The van der Waals surface area contributed by atoms with Gasteiger partial charge in [0.1, 0.15) is 0 Å². The average molecular weight is 245 g/mol. The number of carbonyl (C=O) groups excluding carboxylic acids is 1. The van der Waals surface area contributed by atoms with E-state index in [9.17, 15) is 4.79 Å². The molecule has 0 atom stereocenters. The zero-order valence-corrected chi connectivity index (χ0v) is 10.3. The van der Waals surface area contributed by atoms with Crippen LogP contribution in [0.3, 0.4) is 0 Å². The number of carbonyl (C=O) groups is 1. The van der Waals surface area contributed by atoms with Crippen LogP contribution < -0.4 is 11.1 Å². The number of aromatic nitrogens is 3. The Morgan fingerprint density at radius 3 is 2.72 bits per heavy atom. The highest BCUT2D eigenvalue weighted by molar-refractivity contribution is 5.91. The van der Waals surface area contributed by atoms with Gasteiger partial charge in [-0.05, 0) is 32.0 Å². The Morgan fingerprint density at radius 2 is 2.22 bits per heavy atom. The van der Waals surface area contributed by atoms with Gasteiger partial charge in [0.2, 0.25) is 5.91 Å². The van der Waals surface area contributed by atoms with Crippen LogP contribution in [0.2, 0.25) is 0 Å². The first kappa shape index (κ1) is 12.3. The topological polar surface area (TPSA) is 85.8 Å². The Bertz CT molecular complexity index is 558. The van der Waals surface area contributed by atoms with E-state index in [4.69, 9.17) is 5.73 Å². The fourth-order valence-corrected chi connectivity index (χ4v) is 1.66. The molecule has 3 N–H and O–H groups in total. The smallest absolute Gasteiger partial charge is 0.238 e. The second-order valence-electron chi connectivity index (χ2n) is 4.00. The van der Waals surface area contributed by atoms with Gasteiger partial charge in [0, 0.05) is 5.69 Å². The number of amides is 1. The van der Waals surface area contributed by atoms with E-state index in [1.807, 2.05) is 19.9 Å². The van der Waals surface area contributed by atoms with Crippen LogP contribution >= 0.6 is 0 Å². The molecule has 2 heterocycles. The Labute approximate surface area is 105 Å². The molecule has 94 valence electrons. The lowest BCUT2D eigenvalue weighted by Crippen LogP contribution is -2.21. The van der Waals surface area contributed by atoms with E-state index in [2.05, 4.69) is 15.4 Å². The Hall–Kier alpha value is -2.21. The van der Waals surface area contributed by atoms with E-state index in [1.54, 1.807) is 23.0 Å². The van der Waals surface area contributed by atoms with Crippen molar-refractivity contribution in [1.82, 2.24) is 14.8 Å². The SMILES string of the molecule is Cc1cc(C)n(-c2ccc(NC(=O)CN)cn2)n1. The second-order valence-corrected chi connectivity index (χ2v) is 4.00. The van der Waals surface area contributed by atoms with Crippen molar-refractivity contribution in [2.45, 2.75) is 13.8 Å². The molecule has 0 unspecified atom stereocenters. The van der Waals surface area contributed by atoms with Gasteiger partial charge < -0.3 is 11.1 Å². The van der Waals surface area contributed by atoms with Gasteiger partial charge in [0.05, 0.1) is 24.1 Å². The summed E-state index contributed by atoms with van der Waals surface area (Å²) in [5, 5.41) is 6.97. The maximum atomic E-state index is 11.1. The molecule has 0 fully saturated rings. The van der Waals surface area contributed by atoms with E-state index in [1.165, 1.54) is 0 Å². The molecule has 18 heavy (non-hydrogen) atoms. The van der Waals surface area contributed by atoms with Gasteiger partial charge in [0.15, 0.2) is 5.82 Å². The van der Waals surface area contributed by atoms with Crippen LogP contribution in [0.5, 0.6) is 0 Å². The highest BCUT2D eigenvalue weighted by atomic mass is 16.1. The van der Waals surface area contributed by atoms with Crippen molar-refractivity contribution in [3.63, 3.8) is 0 Å². The first-order valence-electron chi connectivity index (χ1n) is 5.60. The summed E-state index contributed by atoms with van der Waals surface area (Å²) in [6.45, 7) is 3.85. The third-order valence-electron chi connectivity index (χ3n) is 2.44. The van der Waals surface area contributed by atoms with Crippen LogP contribution in [0, 0.1) is 13.8 Å². The molecule has 0 bridgehead atoms. The van der Waals surface area contributed by atoms with E-state index < -0.39 is 0 Å². The summed E-state index contributed by atoms with van der Waals surface area (Å²) < 4.78 is 1.75. The molecule has 1 amide bonds. The van der Waals surface area contributed by atoms with E-state index in [-0.39, 0.29) is 12.5 Å². The number of pyridine rings is 1. The number of nitrogens with one attached hydrogen (secondary N) is 1. The molecule has 6 heteroatoms. The van der Waals surface area contributed by atoms with Gasteiger partial charge in [-0.1, -0.05) is 0 Å². The molecule has 0 aromatic carbocycles. The third kappa shape index (κ3) is 2.54. The third-order valence-corrected chi connectivity index (χ3v) is 2.44. The lowest BCUT2D eigenvalue weighted by molar-refractivity contribution is -0.114. The van der Waals surface area contributed by atoms with Gasteiger partial charge >= 0.3 is 0 Å². The fraction of sp³-hybridized carbons (Fsp3) is 0.250. The zero-order valence-electron chi connectivity index (χ0n) is 10.3. The van der Waals surface area contributed by atoms with Crippen LogP contribution in [0.4, 0.5) is 5.69 Å².